The second-order valence-corrected chi connectivity index (χ2v) is 4.15. The third kappa shape index (κ3) is 1.81. The Morgan fingerprint density at radius 1 is 1.25 bits per heavy atom. The highest BCUT2D eigenvalue weighted by molar-refractivity contribution is 5.99. The summed E-state index contributed by atoms with van der Waals surface area (Å²) < 4.78 is 5.53. The summed E-state index contributed by atoms with van der Waals surface area (Å²) in [4.78, 5) is 21.4. The first-order chi connectivity index (χ1) is 9.56. The third-order valence-electron chi connectivity index (χ3n) is 2.89. The van der Waals surface area contributed by atoms with Crippen LogP contribution in [0, 0.1) is 10.1 Å². The molecule has 2 aromatic carbocycles. The van der Waals surface area contributed by atoms with E-state index in [0.29, 0.717) is 11.4 Å². The van der Waals surface area contributed by atoms with E-state index in [9.17, 15) is 20.0 Å². The van der Waals surface area contributed by atoms with Crippen LogP contribution < -0.4 is 10.1 Å². The molecule has 20 heavy (non-hydrogen) atoms. The topological polar surface area (TPSA) is 102 Å². The number of nitrogens with zero attached hydrogens (tertiary/aromatic N) is 1. The summed E-state index contributed by atoms with van der Waals surface area (Å²) >= 11 is 0. The first-order valence-electron chi connectivity index (χ1n) is 5.66. The maximum Gasteiger partial charge on any atom is 0.338 e. The van der Waals surface area contributed by atoms with Gasteiger partial charge in [0.05, 0.1) is 27.9 Å². The molecule has 1 heterocycles. The highest BCUT2D eigenvalue weighted by Gasteiger charge is 2.26. The van der Waals surface area contributed by atoms with Crippen LogP contribution in [-0.2, 0) is 0 Å². The van der Waals surface area contributed by atoms with E-state index < -0.39 is 10.9 Å². The first kappa shape index (κ1) is 12.0. The number of para-hydroxylation sites is 2. The van der Waals surface area contributed by atoms with Crippen molar-refractivity contribution >= 4 is 23.0 Å². The molecule has 0 unspecified atom stereocenters. The van der Waals surface area contributed by atoms with E-state index in [1.165, 1.54) is 6.07 Å². The molecule has 0 atom stereocenters. The Hall–Kier alpha value is -3.09. The summed E-state index contributed by atoms with van der Waals surface area (Å²) in [5, 5.41) is 22.9. The van der Waals surface area contributed by atoms with Crippen LogP contribution in [0.1, 0.15) is 10.4 Å². The summed E-state index contributed by atoms with van der Waals surface area (Å²) in [6.07, 6.45) is 0. The molecule has 3 rings (SSSR count). The minimum absolute atomic E-state index is 0.121. The van der Waals surface area contributed by atoms with Gasteiger partial charge in [0.25, 0.3) is 5.69 Å². The number of anilines is 2. The van der Waals surface area contributed by atoms with Crippen LogP contribution in [0.3, 0.4) is 0 Å². The molecule has 0 radical (unpaired) electrons. The Morgan fingerprint density at radius 3 is 2.70 bits per heavy atom. The minimum atomic E-state index is -1.26. The third-order valence-corrected chi connectivity index (χ3v) is 2.89. The molecule has 0 aliphatic carbocycles. The van der Waals surface area contributed by atoms with Gasteiger partial charge < -0.3 is 15.2 Å². The van der Waals surface area contributed by atoms with Crippen molar-refractivity contribution in [2.24, 2.45) is 0 Å². The number of fused-ring (bicyclic) bond motifs is 2. The number of nitro benzene ring substituents is 1. The Labute approximate surface area is 112 Å². The summed E-state index contributed by atoms with van der Waals surface area (Å²) in [7, 11) is 0. The van der Waals surface area contributed by atoms with Crippen molar-refractivity contribution in [3.05, 3.63) is 52.1 Å². The maximum absolute atomic E-state index is 11.2. The summed E-state index contributed by atoms with van der Waals surface area (Å²) in [5.74, 6) is -0.660. The average Bonchev–Trinajstić information content (AvgIpc) is 2.43. The number of ether oxygens (including phenoxy) is 1. The zero-order valence-corrected chi connectivity index (χ0v) is 9.99. The van der Waals surface area contributed by atoms with Crippen molar-refractivity contribution in [2.75, 3.05) is 5.32 Å². The number of nitro groups is 1. The van der Waals surface area contributed by atoms with Gasteiger partial charge in [-0.3, -0.25) is 10.1 Å². The first-order valence-corrected chi connectivity index (χ1v) is 5.66. The number of benzene rings is 2. The number of carbonyl (C=O) groups is 1. The number of rotatable bonds is 2. The van der Waals surface area contributed by atoms with Gasteiger partial charge in [0.2, 0.25) is 0 Å². The molecule has 0 aromatic heterocycles. The zero-order chi connectivity index (χ0) is 14.3. The molecule has 0 saturated heterocycles. The molecule has 0 fully saturated rings. The number of hydrogen-bond donors (Lipinski definition) is 2. The molecule has 2 aromatic rings. The van der Waals surface area contributed by atoms with Crippen molar-refractivity contribution in [1.29, 1.82) is 0 Å². The van der Waals surface area contributed by atoms with Crippen molar-refractivity contribution in [2.45, 2.75) is 0 Å². The molecule has 1 aliphatic rings. The second-order valence-electron chi connectivity index (χ2n) is 4.15. The van der Waals surface area contributed by atoms with E-state index in [-0.39, 0.29) is 22.7 Å². The van der Waals surface area contributed by atoms with Gasteiger partial charge in [-0.15, -0.1) is 0 Å². The number of carboxylic acids is 1. The van der Waals surface area contributed by atoms with Gasteiger partial charge >= 0.3 is 5.97 Å². The van der Waals surface area contributed by atoms with E-state index in [4.69, 9.17) is 4.74 Å². The monoisotopic (exact) mass is 272 g/mol. The quantitative estimate of drug-likeness (QED) is 0.548. The van der Waals surface area contributed by atoms with E-state index in [0.717, 1.165) is 6.07 Å². The Bertz CT molecular complexity index is 742. The van der Waals surface area contributed by atoms with Gasteiger partial charge in [0, 0.05) is 6.07 Å². The highest BCUT2D eigenvalue weighted by atomic mass is 16.6. The van der Waals surface area contributed by atoms with Crippen molar-refractivity contribution < 1.29 is 19.6 Å². The van der Waals surface area contributed by atoms with E-state index in [2.05, 4.69) is 5.32 Å². The highest BCUT2D eigenvalue weighted by Crippen LogP contribution is 2.45. The number of hydrogen-bond acceptors (Lipinski definition) is 5. The largest absolute Gasteiger partial charge is 0.478 e. The predicted octanol–water partition coefficient (Wildman–Crippen LogP) is 3.14. The minimum Gasteiger partial charge on any atom is -0.478 e. The van der Waals surface area contributed by atoms with Crippen LogP contribution in [0.25, 0.3) is 0 Å². The van der Waals surface area contributed by atoms with Gasteiger partial charge in [-0.25, -0.2) is 4.79 Å². The van der Waals surface area contributed by atoms with E-state index >= 15 is 0 Å². The maximum atomic E-state index is 11.2. The zero-order valence-electron chi connectivity index (χ0n) is 9.99. The Kier molecular flexibility index (Phi) is 2.53. The molecule has 2 N–H and O–H groups in total. The summed E-state index contributed by atoms with van der Waals surface area (Å²) in [6.45, 7) is 0. The molecule has 7 nitrogen and oxygen atoms in total. The molecule has 0 bridgehead atoms. The van der Waals surface area contributed by atoms with Crippen LogP contribution in [-0.4, -0.2) is 16.0 Å². The smallest absolute Gasteiger partial charge is 0.338 e. The fourth-order valence-electron chi connectivity index (χ4n) is 2.00. The lowest BCUT2D eigenvalue weighted by Crippen LogP contribution is -2.09. The van der Waals surface area contributed by atoms with E-state index in [1.54, 1.807) is 24.3 Å². The second kappa shape index (κ2) is 4.23. The van der Waals surface area contributed by atoms with Gasteiger partial charge in [0.15, 0.2) is 11.5 Å². The molecule has 7 heteroatoms. The number of aromatic carboxylic acids is 1. The van der Waals surface area contributed by atoms with Gasteiger partial charge in [-0.1, -0.05) is 12.1 Å². The summed E-state index contributed by atoms with van der Waals surface area (Å²) in [6, 6.07) is 9.14. The van der Waals surface area contributed by atoms with Crippen molar-refractivity contribution in [3.8, 4) is 11.5 Å². The Balaban J connectivity index is 2.19. The molecular formula is C13H8N2O5. The molecule has 0 spiro atoms. The fourth-order valence-corrected chi connectivity index (χ4v) is 2.00. The van der Waals surface area contributed by atoms with Crippen LogP contribution in [0.15, 0.2) is 36.4 Å². The Morgan fingerprint density at radius 2 is 2.00 bits per heavy atom. The van der Waals surface area contributed by atoms with Gasteiger partial charge in [0.1, 0.15) is 0 Å². The molecule has 0 saturated carbocycles. The van der Waals surface area contributed by atoms with Crippen LogP contribution in [0.4, 0.5) is 17.1 Å². The van der Waals surface area contributed by atoms with Crippen molar-refractivity contribution in [3.63, 3.8) is 0 Å². The molecule has 1 aliphatic heterocycles. The lowest BCUT2D eigenvalue weighted by atomic mass is 10.1. The summed E-state index contributed by atoms with van der Waals surface area (Å²) in [5.41, 5.74) is 0.282. The number of carboxylic acid groups (broad SMARTS) is 1. The normalized spacial score (nSPS) is 11.6. The van der Waals surface area contributed by atoms with E-state index in [1.807, 2.05) is 0 Å². The number of nitrogens with one attached hydrogen (secondary N) is 1. The number of non-ortho nitro benzene ring substituents is 1. The predicted molar refractivity (Wildman–Crippen MR) is 69.9 cm³/mol. The lowest BCUT2D eigenvalue weighted by molar-refractivity contribution is -0.384. The van der Waals surface area contributed by atoms with Crippen LogP contribution in [0.2, 0.25) is 0 Å². The standard InChI is InChI=1S/C13H8N2O5/c16-13(17)8-5-7(15(18)19)6-11-12(8)14-9-3-1-2-4-10(9)20-11/h1-6,14H,(H,16,17). The molecular weight excluding hydrogens is 264 g/mol. The molecule has 100 valence electrons. The lowest BCUT2D eigenvalue weighted by Gasteiger charge is -2.22. The van der Waals surface area contributed by atoms with Crippen molar-refractivity contribution in [1.82, 2.24) is 0 Å². The van der Waals surface area contributed by atoms with Gasteiger partial charge in [-0.2, -0.15) is 0 Å². The fraction of sp³-hybridized carbons (Fsp3) is 0. The van der Waals surface area contributed by atoms with Crippen LogP contribution in [0.5, 0.6) is 11.5 Å². The SMILES string of the molecule is O=C(O)c1cc([N+](=O)[O-])cc2c1Nc1ccccc1O2. The van der Waals surface area contributed by atoms with Gasteiger partial charge in [-0.05, 0) is 12.1 Å². The molecule has 0 amide bonds. The average molecular weight is 272 g/mol. The van der Waals surface area contributed by atoms with Crippen LogP contribution >= 0.6 is 0 Å².